The second-order valence-corrected chi connectivity index (χ2v) is 10.9. The topological polar surface area (TPSA) is 29.4 Å². The molecule has 134 valence electrons. The number of carbonyl (C=O) groups is 1. The van der Waals surface area contributed by atoms with Gasteiger partial charge in [-0.1, -0.05) is 33.3 Å². The van der Waals surface area contributed by atoms with Crippen molar-refractivity contribution in [2.75, 3.05) is 0 Å². The van der Waals surface area contributed by atoms with Crippen LogP contribution in [0.5, 0.6) is 0 Å². The normalized spacial score (nSPS) is 63.4. The van der Waals surface area contributed by atoms with Gasteiger partial charge in [0.05, 0.1) is 0 Å². The Morgan fingerprint density at radius 3 is 2.64 bits per heavy atom. The molecule has 0 bridgehead atoms. The summed E-state index contributed by atoms with van der Waals surface area (Å²) in [5, 5.41) is 0. The van der Waals surface area contributed by atoms with Crippen LogP contribution < -0.4 is 0 Å². The third-order valence-corrected chi connectivity index (χ3v) is 10.3. The fourth-order valence-corrected chi connectivity index (χ4v) is 8.85. The van der Waals surface area contributed by atoms with Crippen molar-refractivity contribution < 1.29 is 4.79 Å². The number of carbonyl (C=O) groups excluding carboxylic acids is 1. The van der Waals surface area contributed by atoms with Gasteiger partial charge in [0, 0.05) is 18.1 Å². The Morgan fingerprint density at radius 2 is 1.92 bits per heavy atom. The molecule has 5 aliphatic carbocycles. The number of ketones is 1. The Balaban J connectivity index is 1.47. The van der Waals surface area contributed by atoms with Crippen LogP contribution in [-0.4, -0.2) is 17.5 Å². The van der Waals surface area contributed by atoms with Crippen LogP contribution in [0.25, 0.3) is 0 Å². The molecule has 2 heteroatoms. The first-order valence-corrected chi connectivity index (χ1v) is 10.6. The van der Waals surface area contributed by atoms with Gasteiger partial charge in [0.15, 0.2) is 5.78 Å². The highest BCUT2D eigenvalue weighted by molar-refractivity contribution is 5.92. The van der Waals surface area contributed by atoms with E-state index >= 15 is 0 Å². The molecule has 0 radical (unpaired) electrons. The molecule has 0 aromatic rings. The van der Waals surface area contributed by atoms with Crippen molar-refractivity contribution in [2.45, 2.75) is 65.3 Å². The Bertz CT molecular complexity index is 743. The number of hydrogen-bond acceptors (Lipinski definition) is 2. The van der Waals surface area contributed by atoms with E-state index in [1.54, 1.807) is 0 Å². The predicted molar refractivity (Wildman–Crippen MR) is 99.4 cm³/mol. The second-order valence-electron chi connectivity index (χ2n) is 10.9. The van der Waals surface area contributed by atoms with E-state index in [2.05, 4.69) is 40.0 Å². The lowest BCUT2D eigenvalue weighted by molar-refractivity contribution is -0.120. The highest BCUT2D eigenvalue weighted by Gasteiger charge is 2.79. The summed E-state index contributed by atoms with van der Waals surface area (Å²) in [5.74, 6) is 5.94. The molecular weight excluding hydrogens is 306 g/mol. The third kappa shape index (κ3) is 1.49. The van der Waals surface area contributed by atoms with E-state index in [9.17, 15) is 4.79 Å². The predicted octanol–water partition coefficient (Wildman–Crippen LogP) is 4.69. The Kier molecular flexibility index (Phi) is 2.52. The summed E-state index contributed by atoms with van der Waals surface area (Å²) in [6.07, 6.45) is 10.4. The van der Waals surface area contributed by atoms with E-state index < -0.39 is 0 Å². The van der Waals surface area contributed by atoms with Gasteiger partial charge >= 0.3 is 0 Å². The van der Waals surface area contributed by atoms with Crippen molar-refractivity contribution in [3.05, 3.63) is 11.6 Å². The van der Waals surface area contributed by atoms with E-state index in [1.165, 1.54) is 24.8 Å². The first-order chi connectivity index (χ1) is 11.8. The maximum atomic E-state index is 12.2. The lowest BCUT2D eigenvalue weighted by atomic mass is 9.42. The molecule has 10 atom stereocenters. The lowest BCUT2D eigenvalue weighted by Crippen LogP contribution is -2.57. The summed E-state index contributed by atoms with van der Waals surface area (Å²) < 4.78 is 0. The standard InChI is InChI=1S/C23H31NO/c1-12-13(2)19-16(21(3)7-5-14(25)9-17(12)21)6-8-22(4)20(19)15-10-18(15)23(22)11-24-23/h9,11-13,15-16,18-20H,5-8,10H2,1-4H3/t12-,13+,15-,16+,18+,19-,20+,21-,22+,23+/m1/s1. The zero-order valence-electron chi connectivity index (χ0n) is 16.1. The van der Waals surface area contributed by atoms with Crippen molar-refractivity contribution in [2.24, 2.45) is 57.2 Å². The maximum absolute atomic E-state index is 12.2. The van der Waals surface area contributed by atoms with Crippen molar-refractivity contribution in [3.63, 3.8) is 0 Å². The van der Waals surface area contributed by atoms with Crippen LogP contribution in [0.4, 0.5) is 0 Å². The van der Waals surface area contributed by atoms with E-state index in [0.717, 1.165) is 42.4 Å². The Labute approximate surface area is 151 Å². The zero-order valence-corrected chi connectivity index (χ0v) is 16.1. The van der Waals surface area contributed by atoms with Crippen molar-refractivity contribution in [1.29, 1.82) is 0 Å². The lowest BCUT2D eigenvalue weighted by Gasteiger charge is -2.62. The molecule has 0 amide bonds. The molecule has 0 N–H and O–H groups in total. The number of aliphatic imine (C=N–C) groups is 1. The van der Waals surface area contributed by atoms with Crippen LogP contribution >= 0.6 is 0 Å². The minimum Gasteiger partial charge on any atom is -0.295 e. The van der Waals surface area contributed by atoms with Gasteiger partial charge in [-0.3, -0.25) is 9.79 Å². The van der Waals surface area contributed by atoms with Crippen molar-refractivity contribution in [1.82, 2.24) is 0 Å². The number of fused-ring (bicyclic) bond motifs is 9. The minimum absolute atomic E-state index is 0.274. The van der Waals surface area contributed by atoms with Crippen LogP contribution in [-0.2, 0) is 4.79 Å². The number of rotatable bonds is 0. The average molecular weight is 338 g/mol. The highest BCUT2D eigenvalue weighted by Crippen LogP contribution is 2.80. The third-order valence-electron chi connectivity index (χ3n) is 10.3. The molecule has 1 aliphatic heterocycles. The fraction of sp³-hybridized carbons (Fsp3) is 0.826. The molecule has 0 unspecified atom stereocenters. The SMILES string of the molecule is C[C@@H]1[C@H]2[C@@H]3[C@@H]4C[C@@H]4[C@@]4(C=N4)[C@@]3(C)CC[C@@H]2[C@@]2(C)CCC(=O)C=C2[C@@H]1C. The van der Waals surface area contributed by atoms with Crippen LogP contribution in [0.2, 0.25) is 0 Å². The Morgan fingerprint density at radius 1 is 1.16 bits per heavy atom. The van der Waals surface area contributed by atoms with Gasteiger partial charge in [-0.15, -0.1) is 0 Å². The second kappa shape index (κ2) is 4.15. The van der Waals surface area contributed by atoms with Crippen molar-refractivity contribution >= 4 is 12.0 Å². The highest BCUT2D eigenvalue weighted by atomic mass is 16.1. The molecule has 2 nitrogen and oxygen atoms in total. The fourth-order valence-electron chi connectivity index (χ4n) is 8.85. The molecule has 25 heavy (non-hydrogen) atoms. The molecule has 0 saturated heterocycles. The molecule has 1 heterocycles. The summed E-state index contributed by atoms with van der Waals surface area (Å²) in [4.78, 5) is 17.1. The number of nitrogens with zero attached hydrogens (tertiary/aromatic N) is 1. The summed E-state index contributed by atoms with van der Waals surface area (Å²) in [6, 6.07) is 0. The molecular formula is C23H31NO. The number of allylic oxidation sites excluding steroid dienone is 1. The van der Waals surface area contributed by atoms with Gasteiger partial charge in [0.25, 0.3) is 0 Å². The first-order valence-electron chi connectivity index (χ1n) is 10.6. The van der Waals surface area contributed by atoms with Gasteiger partial charge in [0.2, 0.25) is 0 Å². The van der Waals surface area contributed by atoms with Gasteiger partial charge in [-0.2, -0.15) is 0 Å². The van der Waals surface area contributed by atoms with E-state index in [-0.39, 0.29) is 11.0 Å². The summed E-state index contributed by atoms with van der Waals surface area (Å²) in [6.45, 7) is 10.0. The quantitative estimate of drug-likeness (QED) is 0.630. The molecule has 6 aliphatic rings. The summed E-state index contributed by atoms with van der Waals surface area (Å²) in [5.41, 5.74) is 2.48. The van der Waals surface area contributed by atoms with E-state index in [1.807, 2.05) is 0 Å². The molecule has 0 aromatic heterocycles. The average Bonchev–Trinajstić information content (AvgIpc) is 3.46. The summed E-state index contributed by atoms with van der Waals surface area (Å²) >= 11 is 0. The number of hydrogen-bond donors (Lipinski definition) is 0. The monoisotopic (exact) mass is 337 g/mol. The van der Waals surface area contributed by atoms with Crippen LogP contribution in [0, 0.1) is 52.3 Å². The van der Waals surface area contributed by atoms with Crippen LogP contribution in [0.1, 0.15) is 59.8 Å². The van der Waals surface area contributed by atoms with Gasteiger partial charge in [-0.25, -0.2) is 0 Å². The smallest absolute Gasteiger partial charge is 0.155 e. The maximum Gasteiger partial charge on any atom is 0.155 e. The molecule has 1 spiro atoms. The van der Waals surface area contributed by atoms with Crippen LogP contribution in [0.3, 0.4) is 0 Å². The van der Waals surface area contributed by atoms with Gasteiger partial charge in [0.1, 0.15) is 5.54 Å². The van der Waals surface area contributed by atoms with Gasteiger partial charge < -0.3 is 0 Å². The summed E-state index contributed by atoms with van der Waals surface area (Å²) in [7, 11) is 0. The first kappa shape index (κ1) is 15.2. The van der Waals surface area contributed by atoms with Crippen molar-refractivity contribution in [3.8, 4) is 0 Å². The van der Waals surface area contributed by atoms with E-state index in [0.29, 0.717) is 23.0 Å². The zero-order chi connectivity index (χ0) is 17.4. The largest absolute Gasteiger partial charge is 0.295 e. The molecule has 4 fully saturated rings. The molecule has 0 aromatic carbocycles. The molecule has 6 rings (SSSR count). The van der Waals surface area contributed by atoms with Gasteiger partial charge in [-0.05, 0) is 78.6 Å². The minimum atomic E-state index is 0.274. The Hall–Kier alpha value is -0.920. The van der Waals surface area contributed by atoms with E-state index in [4.69, 9.17) is 4.99 Å². The van der Waals surface area contributed by atoms with Crippen LogP contribution in [0.15, 0.2) is 16.6 Å². The molecule has 4 saturated carbocycles.